The second-order valence-electron chi connectivity index (χ2n) is 17.7. The van der Waals surface area contributed by atoms with Gasteiger partial charge in [-0.15, -0.1) is 0 Å². The van der Waals surface area contributed by atoms with E-state index in [1.165, 1.54) is 19.2 Å². The topological polar surface area (TPSA) is 94.7 Å². The normalized spacial score (nSPS) is 21.9. The van der Waals surface area contributed by atoms with Gasteiger partial charge in [-0.25, -0.2) is 4.79 Å². The van der Waals surface area contributed by atoms with Gasteiger partial charge < -0.3 is 24.8 Å². The molecule has 0 radical (unpaired) electrons. The van der Waals surface area contributed by atoms with Crippen molar-refractivity contribution >= 4 is 23.3 Å². The van der Waals surface area contributed by atoms with Crippen LogP contribution in [0.2, 0.25) is 0 Å². The average molecular weight is 863 g/mol. The van der Waals surface area contributed by atoms with Crippen LogP contribution in [0.15, 0.2) is 35.1 Å². The van der Waals surface area contributed by atoms with E-state index in [0.29, 0.717) is 76.1 Å². The van der Waals surface area contributed by atoms with Gasteiger partial charge >= 0.3 is 18.3 Å². The molecule has 0 unspecified atom stereocenters. The molecule has 2 aliphatic carbocycles. The summed E-state index contributed by atoms with van der Waals surface area (Å²) in [6.45, 7) is 20.6. The lowest BCUT2D eigenvalue weighted by Crippen LogP contribution is -2.41. The Labute approximate surface area is 356 Å². The lowest BCUT2D eigenvalue weighted by atomic mass is 9.79. The first kappa shape index (κ1) is 49.2. The zero-order valence-electron chi connectivity index (χ0n) is 37.5. The zero-order chi connectivity index (χ0) is 45.7. The van der Waals surface area contributed by atoms with Gasteiger partial charge in [-0.3, -0.25) is 9.59 Å². The summed E-state index contributed by atoms with van der Waals surface area (Å²) in [5.41, 5.74) is 1.76. The van der Waals surface area contributed by atoms with Crippen LogP contribution < -0.4 is 20.7 Å². The van der Waals surface area contributed by atoms with E-state index in [-0.39, 0.29) is 35.3 Å². The molecule has 4 atom stereocenters. The van der Waals surface area contributed by atoms with Gasteiger partial charge in [-0.1, -0.05) is 27.7 Å². The summed E-state index contributed by atoms with van der Waals surface area (Å²) in [5, 5.41) is 2.67. The van der Waals surface area contributed by atoms with Gasteiger partial charge in [0, 0.05) is 59.9 Å². The minimum absolute atomic E-state index is 0.0207. The van der Waals surface area contributed by atoms with Crippen LogP contribution >= 0.6 is 0 Å². The molecule has 0 saturated heterocycles. The molecule has 1 aromatic heterocycles. The first-order valence-electron chi connectivity index (χ1n) is 21.4. The number of rotatable bonds is 10. The van der Waals surface area contributed by atoms with E-state index in [0.717, 1.165) is 50.7 Å². The van der Waals surface area contributed by atoms with Crippen LogP contribution in [0.4, 0.5) is 37.7 Å². The number of methoxy groups -OCH3 is 1. The summed E-state index contributed by atoms with van der Waals surface area (Å²) in [4.78, 5) is 44.3. The summed E-state index contributed by atoms with van der Waals surface area (Å²) < 4.78 is 86.6. The third-order valence-corrected chi connectivity index (χ3v) is 12.5. The number of aromatic amines is 1. The number of anilines is 2. The molecule has 5 rings (SSSR count). The third-order valence-electron chi connectivity index (χ3n) is 12.5. The Kier molecular flexibility index (Phi) is 16.2. The van der Waals surface area contributed by atoms with Crippen LogP contribution in [-0.2, 0) is 23.6 Å². The summed E-state index contributed by atoms with van der Waals surface area (Å²) in [5.74, 6) is 0.671. The second kappa shape index (κ2) is 20.1. The van der Waals surface area contributed by atoms with Gasteiger partial charge in [0.1, 0.15) is 0 Å². The molecule has 1 heterocycles. The molecule has 0 bridgehead atoms. The van der Waals surface area contributed by atoms with Crippen LogP contribution in [0, 0.1) is 51.4 Å². The average Bonchev–Trinajstić information content (AvgIpc) is 3.14. The first-order chi connectivity index (χ1) is 28.4. The highest BCUT2D eigenvalue weighted by Crippen LogP contribution is 2.41. The quantitative estimate of drug-likeness (QED) is 0.156. The predicted octanol–water partition coefficient (Wildman–Crippen LogP) is 11.4. The van der Waals surface area contributed by atoms with Gasteiger partial charge in [-0.05, 0) is 151 Å². The summed E-state index contributed by atoms with van der Waals surface area (Å²) >= 11 is 0. The van der Waals surface area contributed by atoms with Crippen LogP contribution in [0.5, 0.6) is 0 Å². The highest BCUT2D eigenvalue weighted by Gasteiger charge is 2.37. The van der Waals surface area contributed by atoms with Crippen molar-refractivity contribution in [3.8, 4) is 0 Å². The number of aromatic nitrogens is 1. The Balaban J connectivity index is 0.000000281. The first-order valence-corrected chi connectivity index (χ1v) is 21.4. The molecule has 3 aromatic rings. The number of pyridine rings is 1. The number of amides is 1. The van der Waals surface area contributed by atoms with Crippen molar-refractivity contribution in [3.05, 3.63) is 90.9 Å². The van der Waals surface area contributed by atoms with E-state index < -0.39 is 35.4 Å². The molecule has 2 saturated carbocycles. The number of H-pyrrole nitrogens is 1. The highest BCUT2D eigenvalue weighted by molar-refractivity contribution is 5.97. The summed E-state index contributed by atoms with van der Waals surface area (Å²) in [6, 6.07) is 6.24. The molecule has 2 N–H and O–H groups in total. The molecule has 2 aliphatic rings. The molecule has 0 aliphatic heterocycles. The van der Waals surface area contributed by atoms with Crippen molar-refractivity contribution in [1.29, 1.82) is 0 Å². The van der Waals surface area contributed by atoms with Crippen LogP contribution in [0.3, 0.4) is 0 Å². The van der Waals surface area contributed by atoms with Gasteiger partial charge in [0.05, 0.1) is 23.8 Å². The minimum atomic E-state index is -4.59. The third kappa shape index (κ3) is 12.1. The van der Waals surface area contributed by atoms with Crippen molar-refractivity contribution in [3.63, 3.8) is 0 Å². The number of carbonyl (C=O) groups is 2. The fourth-order valence-corrected chi connectivity index (χ4v) is 9.81. The van der Waals surface area contributed by atoms with Crippen LogP contribution in [0.1, 0.15) is 140 Å². The van der Waals surface area contributed by atoms with E-state index in [4.69, 9.17) is 4.74 Å². The molecule has 61 heavy (non-hydrogen) atoms. The van der Waals surface area contributed by atoms with Crippen molar-refractivity contribution in [1.82, 2.24) is 10.3 Å². The van der Waals surface area contributed by atoms with Gasteiger partial charge in [0.2, 0.25) is 0 Å². The Bertz CT molecular complexity index is 2060. The monoisotopic (exact) mass is 862 g/mol. The lowest BCUT2D eigenvalue weighted by molar-refractivity contribution is -0.138. The molecule has 338 valence electrons. The molecule has 8 nitrogen and oxygen atoms in total. The van der Waals surface area contributed by atoms with Crippen molar-refractivity contribution < 1.29 is 40.7 Å². The number of aryl methyl sites for hydroxylation is 2. The van der Waals surface area contributed by atoms with E-state index in [9.17, 15) is 40.7 Å². The number of esters is 1. The Morgan fingerprint density at radius 2 is 1.10 bits per heavy atom. The Morgan fingerprint density at radius 1 is 0.689 bits per heavy atom. The van der Waals surface area contributed by atoms with Gasteiger partial charge in [0.25, 0.3) is 11.5 Å². The van der Waals surface area contributed by atoms with Gasteiger partial charge in [0.15, 0.2) is 0 Å². The van der Waals surface area contributed by atoms with E-state index in [1.807, 2.05) is 23.6 Å². The fraction of sp³-hybridized carbons (Fsp3) is 0.596. The molecule has 0 spiro atoms. The highest BCUT2D eigenvalue weighted by atomic mass is 19.4. The Morgan fingerprint density at radius 3 is 1.48 bits per heavy atom. The Hall–Kier alpha value is -4.49. The minimum Gasteiger partial charge on any atom is -0.465 e. The number of alkyl halides is 6. The SMILES string of the molecule is CCN(c1cc(C(F)(F)F)cc(C(=O)NCc2c(C)cc(C)[nH]c2=O)c1C)C1C[C@@H](C)C[C@H](C)C1.CCN(c1cc(C(F)(F)F)cc(C(=O)OC)c1C)C1C[C@@H](C)C[C@H](C)C1. The lowest BCUT2D eigenvalue weighted by Gasteiger charge is -2.41. The number of carbonyl (C=O) groups excluding carboxylic acids is 2. The maximum Gasteiger partial charge on any atom is 0.416 e. The van der Waals surface area contributed by atoms with E-state index >= 15 is 0 Å². The number of hydrogen-bond donors (Lipinski definition) is 2. The van der Waals surface area contributed by atoms with Crippen molar-refractivity contribution in [2.24, 2.45) is 23.7 Å². The van der Waals surface area contributed by atoms with E-state index in [1.54, 1.807) is 33.8 Å². The number of nitrogens with zero attached hydrogens (tertiary/aromatic N) is 2. The van der Waals surface area contributed by atoms with Crippen LogP contribution in [0.25, 0.3) is 0 Å². The van der Waals surface area contributed by atoms with Gasteiger partial charge in [-0.2, -0.15) is 26.3 Å². The molecule has 2 aromatic carbocycles. The standard InChI is InChI=1S/C27H36F3N3O2.C20H28F3NO2/c1-7-33(21-9-15(2)8-16(3)10-21)24-13-20(27(28,29)30)12-22(19(24)6)25(34)31-14-23-17(4)11-18(5)32-26(23)35;1-6-24(16-8-12(2)7-13(3)9-16)18-11-15(20(21,22)23)10-17(14(18)4)19(25)26-5/h11-13,15-16,21H,7-10,14H2,1-6H3,(H,31,34)(H,32,35);10-13,16H,6-9H2,1-5H3/t15-,16-;12-,13-/m00/s1. The number of hydrogen-bond acceptors (Lipinski definition) is 6. The van der Waals surface area contributed by atoms with Crippen molar-refractivity contribution in [2.75, 3.05) is 30.0 Å². The fourth-order valence-electron chi connectivity index (χ4n) is 9.81. The maximum atomic E-state index is 13.9. The smallest absolute Gasteiger partial charge is 0.416 e. The molecule has 14 heteroatoms. The number of benzene rings is 2. The zero-order valence-corrected chi connectivity index (χ0v) is 37.5. The number of ether oxygens (including phenoxy) is 1. The molecule has 1 amide bonds. The largest absolute Gasteiger partial charge is 0.465 e. The van der Waals surface area contributed by atoms with Crippen molar-refractivity contribution in [2.45, 2.75) is 139 Å². The summed E-state index contributed by atoms with van der Waals surface area (Å²) in [7, 11) is 1.18. The maximum absolute atomic E-state index is 13.9. The molecule has 2 fully saturated rings. The summed E-state index contributed by atoms with van der Waals surface area (Å²) in [6.07, 6.45) is -3.14. The van der Waals surface area contributed by atoms with E-state index in [2.05, 4.69) is 38.0 Å². The van der Waals surface area contributed by atoms with Crippen LogP contribution in [-0.4, -0.2) is 49.1 Å². The molecular weight excluding hydrogens is 799 g/mol. The predicted molar refractivity (Wildman–Crippen MR) is 229 cm³/mol. The second-order valence-corrected chi connectivity index (χ2v) is 17.7. The molecular formula is C47H64F6N4O4. The number of nitrogens with one attached hydrogen (secondary N) is 2. The number of halogens is 6.